The molecule has 1 heterocycles. The number of hydrogen-bond donors (Lipinski definition) is 0. The maximum atomic E-state index is 11.7. The number of hydrogen-bond acceptors (Lipinski definition) is 3. The molecule has 0 unspecified atom stereocenters. The average molecular weight is 428 g/mol. The zero-order valence-electron chi connectivity index (χ0n) is 19.9. The van der Waals surface area contributed by atoms with Crippen LogP contribution in [0.1, 0.15) is 115 Å². The Hall–Kier alpha value is -1.90. The highest BCUT2D eigenvalue weighted by Crippen LogP contribution is 2.12. The number of carbonyl (C=O) groups is 1. The lowest BCUT2D eigenvalue weighted by Gasteiger charge is -2.05. The van der Waals surface area contributed by atoms with E-state index < -0.39 is 0 Å². The van der Waals surface area contributed by atoms with Crippen LogP contribution in [0.5, 0.6) is 0 Å². The third kappa shape index (κ3) is 18.6. The van der Waals surface area contributed by atoms with Gasteiger partial charge in [0.05, 0.1) is 0 Å². The van der Waals surface area contributed by atoms with Gasteiger partial charge in [0.2, 0.25) is 0 Å². The van der Waals surface area contributed by atoms with Gasteiger partial charge in [-0.3, -0.25) is 9.78 Å². The lowest BCUT2D eigenvalue weighted by Crippen LogP contribution is -2.04. The fourth-order valence-electron chi connectivity index (χ4n) is 3.51. The molecule has 0 aliphatic carbocycles. The first-order chi connectivity index (χ1) is 15.3. The van der Waals surface area contributed by atoms with Crippen LogP contribution in [0, 0.1) is 0 Å². The molecular formula is C28H45NO2. The van der Waals surface area contributed by atoms with Crippen molar-refractivity contribution in [2.45, 2.75) is 116 Å². The minimum atomic E-state index is -0.0964. The summed E-state index contributed by atoms with van der Waals surface area (Å²) in [5.74, 6) is -0.0964. The second-order valence-corrected chi connectivity index (χ2v) is 8.42. The summed E-state index contributed by atoms with van der Waals surface area (Å²) < 4.78 is 5.28. The predicted molar refractivity (Wildman–Crippen MR) is 132 cm³/mol. The van der Waals surface area contributed by atoms with Gasteiger partial charge < -0.3 is 4.74 Å². The summed E-state index contributed by atoms with van der Waals surface area (Å²) in [7, 11) is 0. The van der Waals surface area contributed by atoms with Crippen LogP contribution >= 0.6 is 0 Å². The highest BCUT2D eigenvalue weighted by Gasteiger charge is 2.03. The Bertz CT molecular complexity index is 580. The van der Waals surface area contributed by atoms with Crippen molar-refractivity contribution in [2.75, 3.05) is 0 Å². The zero-order chi connectivity index (χ0) is 22.2. The van der Waals surface area contributed by atoms with Gasteiger partial charge in [0.15, 0.2) is 0 Å². The van der Waals surface area contributed by atoms with Gasteiger partial charge in [0, 0.05) is 24.4 Å². The zero-order valence-corrected chi connectivity index (χ0v) is 19.9. The van der Waals surface area contributed by atoms with Crippen LogP contribution < -0.4 is 0 Å². The van der Waals surface area contributed by atoms with Crippen molar-refractivity contribution in [3.63, 3.8) is 0 Å². The second kappa shape index (κ2) is 21.3. The van der Waals surface area contributed by atoms with Gasteiger partial charge in [-0.25, -0.2) is 0 Å². The molecule has 0 fully saturated rings. The van der Waals surface area contributed by atoms with Gasteiger partial charge in [-0.1, -0.05) is 95.1 Å². The SMILES string of the molecule is CCCCC/C=C\C/C=C\CCCCCCCCCCCC(=O)OCc1cccnc1. The van der Waals surface area contributed by atoms with Crippen molar-refractivity contribution in [1.29, 1.82) is 0 Å². The maximum Gasteiger partial charge on any atom is 0.306 e. The van der Waals surface area contributed by atoms with Crippen molar-refractivity contribution in [3.05, 3.63) is 54.4 Å². The number of ether oxygens (including phenoxy) is 1. The summed E-state index contributed by atoms with van der Waals surface area (Å²) in [6, 6.07) is 3.78. The van der Waals surface area contributed by atoms with E-state index in [-0.39, 0.29) is 5.97 Å². The lowest BCUT2D eigenvalue weighted by atomic mass is 10.1. The van der Waals surface area contributed by atoms with E-state index in [1.165, 1.54) is 77.0 Å². The van der Waals surface area contributed by atoms with E-state index in [4.69, 9.17) is 4.74 Å². The van der Waals surface area contributed by atoms with Crippen molar-refractivity contribution in [1.82, 2.24) is 4.98 Å². The molecule has 1 aromatic rings. The first-order valence-electron chi connectivity index (χ1n) is 12.7. The standard InChI is InChI=1S/C28H45NO2/c1-2-3-4-5-6-7-8-9-10-11-12-13-14-15-16-17-18-19-20-23-28(30)31-26-27-22-21-24-29-25-27/h6-7,9-10,21-22,24-25H,2-5,8,11-20,23,26H2,1H3/b7-6-,10-9-. The third-order valence-electron chi connectivity index (χ3n) is 5.45. The Morgan fingerprint density at radius 3 is 2.06 bits per heavy atom. The highest BCUT2D eigenvalue weighted by atomic mass is 16.5. The van der Waals surface area contributed by atoms with Crippen LogP contribution in [0.2, 0.25) is 0 Å². The van der Waals surface area contributed by atoms with E-state index in [1.807, 2.05) is 12.1 Å². The number of aromatic nitrogens is 1. The maximum absolute atomic E-state index is 11.7. The quantitative estimate of drug-likeness (QED) is 0.119. The van der Waals surface area contributed by atoms with Gasteiger partial charge in [0.1, 0.15) is 6.61 Å². The molecular weight excluding hydrogens is 382 g/mol. The van der Waals surface area contributed by atoms with Gasteiger partial charge in [-0.15, -0.1) is 0 Å². The molecule has 0 aliphatic rings. The van der Waals surface area contributed by atoms with Crippen LogP contribution in [-0.4, -0.2) is 11.0 Å². The summed E-state index contributed by atoms with van der Waals surface area (Å²) in [4.78, 5) is 15.8. The fraction of sp³-hybridized carbons (Fsp3) is 0.643. The van der Waals surface area contributed by atoms with Crippen LogP contribution in [-0.2, 0) is 16.1 Å². The first-order valence-corrected chi connectivity index (χ1v) is 12.7. The van der Waals surface area contributed by atoms with Crippen LogP contribution in [0.4, 0.5) is 0 Å². The fourth-order valence-corrected chi connectivity index (χ4v) is 3.51. The normalized spacial score (nSPS) is 11.5. The summed E-state index contributed by atoms with van der Waals surface area (Å²) in [6.07, 6.45) is 32.1. The minimum Gasteiger partial charge on any atom is -0.461 e. The molecule has 0 bridgehead atoms. The molecule has 3 nitrogen and oxygen atoms in total. The molecule has 1 rings (SSSR count). The smallest absolute Gasteiger partial charge is 0.306 e. The molecule has 0 aromatic carbocycles. The molecule has 0 saturated carbocycles. The molecule has 0 spiro atoms. The lowest BCUT2D eigenvalue weighted by molar-refractivity contribution is -0.145. The largest absolute Gasteiger partial charge is 0.461 e. The number of rotatable bonds is 20. The summed E-state index contributed by atoms with van der Waals surface area (Å²) >= 11 is 0. The van der Waals surface area contributed by atoms with Gasteiger partial charge in [-0.05, 0) is 44.6 Å². The highest BCUT2D eigenvalue weighted by molar-refractivity contribution is 5.69. The Morgan fingerprint density at radius 2 is 1.45 bits per heavy atom. The molecule has 0 aliphatic heterocycles. The topological polar surface area (TPSA) is 39.2 Å². The first kappa shape index (κ1) is 27.1. The molecule has 3 heteroatoms. The van der Waals surface area contributed by atoms with Crippen molar-refractivity contribution < 1.29 is 9.53 Å². The number of nitrogens with zero attached hydrogens (tertiary/aromatic N) is 1. The molecule has 31 heavy (non-hydrogen) atoms. The van der Waals surface area contributed by atoms with Crippen LogP contribution in [0.15, 0.2) is 48.8 Å². The molecule has 0 N–H and O–H groups in total. The van der Waals surface area contributed by atoms with Crippen LogP contribution in [0.3, 0.4) is 0 Å². The Morgan fingerprint density at radius 1 is 0.839 bits per heavy atom. The summed E-state index contributed by atoms with van der Waals surface area (Å²) in [6.45, 7) is 2.58. The molecule has 0 radical (unpaired) electrons. The van der Waals surface area contributed by atoms with E-state index in [9.17, 15) is 4.79 Å². The van der Waals surface area contributed by atoms with Gasteiger partial charge in [0.25, 0.3) is 0 Å². The molecule has 0 amide bonds. The van der Waals surface area contributed by atoms with E-state index in [2.05, 4.69) is 36.2 Å². The van der Waals surface area contributed by atoms with Gasteiger partial charge in [-0.2, -0.15) is 0 Å². The molecule has 174 valence electrons. The third-order valence-corrected chi connectivity index (χ3v) is 5.45. The van der Waals surface area contributed by atoms with Crippen molar-refractivity contribution >= 4 is 5.97 Å². The average Bonchev–Trinajstić information content (AvgIpc) is 2.80. The number of carbonyl (C=O) groups excluding carboxylic acids is 1. The van der Waals surface area contributed by atoms with Crippen LogP contribution in [0.25, 0.3) is 0 Å². The van der Waals surface area contributed by atoms with E-state index in [0.717, 1.165) is 24.8 Å². The second-order valence-electron chi connectivity index (χ2n) is 8.42. The number of unbranched alkanes of at least 4 members (excludes halogenated alkanes) is 12. The monoisotopic (exact) mass is 427 g/mol. The number of allylic oxidation sites excluding steroid dienone is 4. The summed E-state index contributed by atoms with van der Waals surface area (Å²) in [5, 5.41) is 0. The molecule has 1 aromatic heterocycles. The van der Waals surface area contributed by atoms with E-state index >= 15 is 0 Å². The Labute approximate surface area is 191 Å². The summed E-state index contributed by atoms with van der Waals surface area (Å²) in [5.41, 5.74) is 0.942. The molecule has 0 atom stereocenters. The number of pyridine rings is 1. The van der Waals surface area contributed by atoms with E-state index in [1.54, 1.807) is 12.4 Å². The van der Waals surface area contributed by atoms with Crippen molar-refractivity contribution in [3.8, 4) is 0 Å². The van der Waals surface area contributed by atoms with Crippen molar-refractivity contribution in [2.24, 2.45) is 0 Å². The molecule has 0 saturated heterocycles. The van der Waals surface area contributed by atoms with E-state index in [0.29, 0.717) is 13.0 Å². The number of esters is 1. The van der Waals surface area contributed by atoms with Gasteiger partial charge >= 0.3 is 5.97 Å². The Kier molecular flexibility index (Phi) is 18.7. The predicted octanol–water partition coefficient (Wildman–Crippen LogP) is 8.50. The Balaban J connectivity index is 1.78. The minimum absolute atomic E-state index is 0.0964.